The van der Waals surface area contributed by atoms with Gasteiger partial charge in [-0.3, -0.25) is 0 Å². The van der Waals surface area contributed by atoms with Crippen molar-refractivity contribution in [1.82, 2.24) is 4.57 Å². The Bertz CT molecular complexity index is 667. The second-order valence-electron chi connectivity index (χ2n) is 4.06. The van der Waals surface area contributed by atoms with Crippen molar-refractivity contribution in [3.8, 4) is 11.5 Å². The zero-order valence-electron chi connectivity index (χ0n) is 10.9. The number of hydrogen-bond acceptors (Lipinski definition) is 3. The third-order valence-electron chi connectivity index (χ3n) is 2.99. The van der Waals surface area contributed by atoms with Crippen molar-refractivity contribution in [3.05, 3.63) is 34.1 Å². The fourth-order valence-electron chi connectivity index (χ4n) is 2.09. The maximum absolute atomic E-state index is 12.1. The van der Waals surface area contributed by atoms with Crippen LogP contribution < -0.4 is 14.9 Å². The minimum absolute atomic E-state index is 0. The maximum atomic E-state index is 12.1. The van der Waals surface area contributed by atoms with E-state index in [4.69, 9.17) is 9.47 Å². The van der Waals surface area contributed by atoms with Gasteiger partial charge in [-0.2, -0.15) is 0 Å². The molecule has 6 heteroatoms. The Morgan fingerprint density at radius 1 is 1.37 bits per heavy atom. The van der Waals surface area contributed by atoms with E-state index in [2.05, 4.69) is 6.07 Å². The van der Waals surface area contributed by atoms with Crippen molar-refractivity contribution < 1.29 is 74.9 Å². The average Bonchev–Trinajstić information content (AvgIpc) is 2.79. The van der Waals surface area contributed by atoms with Crippen LogP contribution in [0.25, 0.3) is 10.9 Å². The molecule has 2 radical (unpaired) electrons. The van der Waals surface area contributed by atoms with Crippen LogP contribution in [0.4, 0.5) is 0 Å². The van der Waals surface area contributed by atoms with Crippen LogP contribution in [0.1, 0.15) is 12.5 Å². The molecule has 1 aliphatic heterocycles. The van der Waals surface area contributed by atoms with E-state index in [9.17, 15) is 4.79 Å². The number of aromatic nitrogens is 1. The number of hydrogen-bond donors (Lipinski definition) is 0. The molecule has 94 valence electrons. The molecule has 0 saturated carbocycles. The summed E-state index contributed by atoms with van der Waals surface area (Å²) in [4.78, 5) is 12.1. The second-order valence-corrected chi connectivity index (χ2v) is 4.06. The number of aryl methyl sites for hydroxylation is 2. The molecule has 0 spiro atoms. The summed E-state index contributed by atoms with van der Waals surface area (Å²) < 4.78 is 12.6. The summed E-state index contributed by atoms with van der Waals surface area (Å²) in [6.07, 6.45) is 1.86. The molecular weight excluding hydrogens is 396 g/mol. The molecule has 0 unspecified atom stereocenters. The summed E-state index contributed by atoms with van der Waals surface area (Å²) in [6.45, 7) is 4.84. The van der Waals surface area contributed by atoms with Gasteiger partial charge < -0.3 is 18.8 Å². The fraction of sp³-hybridized carbons (Fsp3) is 0.308. The molecule has 0 aliphatic carbocycles. The number of nitrogens with zero attached hydrogens (tertiary/aromatic N) is 1. The second kappa shape index (κ2) is 6.80. The standard InChI is InChI=1S/C13H12NO3.2Y/c1-3-14-6-8(2)13(15)9-4-11-12(5-10(9)14)17-7-16-11;;/h5-6H,3,7H2,1-2H3;;/q-1;;. The summed E-state index contributed by atoms with van der Waals surface area (Å²) >= 11 is 0. The maximum Gasteiger partial charge on any atom is 0.218 e. The summed E-state index contributed by atoms with van der Waals surface area (Å²) in [5, 5.41) is 0.566. The Labute approximate surface area is 161 Å². The molecular formula is C13H12NO3Y2-. The minimum Gasteiger partial charge on any atom is -0.500 e. The largest absolute Gasteiger partial charge is 0.500 e. The van der Waals surface area contributed by atoms with Gasteiger partial charge in [0.15, 0.2) is 0 Å². The van der Waals surface area contributed by atoms with Crippen molar-refractivity contribution >= 4 is 10.9 Å². The molecule has 1 aromatic carbocycles. The van der Waals surface area contributed by atoms with Crippen molar-refractivity contribution in [2.24, 2.45) is 0 Å². The Morgan fingerprint density at radius 3 is 2.79 bits per heavy atom. The van der Waals surface area contributed by atoms with Gasteiger partial charge >= 0.3 is 0 Å². The molecule has 0 saturated heterocycles. The van der Waals surface area contributed by atoms with E-state index < -0.39 is 0 Å². The number of ether oxygens (including phenoxy) is 2. The van der Waals surface area contributed by atoms with Crippen LogP contribution in [0.2, 0.25) is 0 Å². The molecule has 19 heavy (non-hydrogen) atoms. The third kappa shape index (κ3) is 2.97. The van der Waals surface area contributed by atoms with Crippen LogP contribution in [-0.2, 0) is 72.0 Å². The van der Waals surface area contributed by atoms with Crippen LogP contribution in [0.5, 0.6) is 11.5 Å². The van der Waals surface area contributed by atoms with Gasteiger partial charge in [-0.15, -0.1) is 0 Å². The summed E-state index contributed by atoms with van der Waals surface area (Å²) in [6, 6.07) is 4.86. The zero-order chi connectivity index (χ0) is 12.0. The molecule has 2 aromatic rings. The van der Waals surface area contributed by atoms with E-state index in [1.165, 1.54) is 0 Å². The molecule has 2 heterocycles. The van der Waals surface area contributed by atoms with Crippen molar-refractivity contribution in [2.45, 2.75) is 20.4 Å². The Kier molecular flexibility index (Phi) is 6.18. The third-order valence-corrected chi connectivity index (χ3v) is 2.99. The normalized spacial score (nSPS) is 11.9. The first-order chi connectivity index (χ1) is 8.20. The SMILES string of the molecule is CCn1cc(C)c(=O)c2[c-]c3c(cc21)OCO3.[Y].[Y]. The first kappa shape index (κ1) is 17.3. The van der Waals surface area contributed by atoms with E-state index in [-0.39, 0.29) is 77.6 Å². The first-order valence-electron chi connectivity index (χ1n) is 5.56. The molecule has 0 fully saturated rings. The molecule has 0 bridgehead atoms. The molecule has 4 nitrogen and oxygen atoms in total. The van der Waals surface area contributed by atoms with Gasteiger partial charge in [0.25, 0.3) is 0 Å². The summed E-state index contributed by atoms with van der Waals surface area (Å²) in [7, 11) is 0. The van der Waals surface area contributed by atoms with Gasteiger partial charge in [0, 0.05) is 72.0 Å². The van der Waals surface area contributed by atoms with Gasteiger partial charge in [0.1, 0.15) is 5.43 Å². The van der Waals surface area contributed by atoms with Crippen molar-refractivity contribution in [2.75, 3.05) is 6.79 Å². The minimum atomic E-state index is 0. The van der Waals surface area contributed by atoms with E-state index in [1.54, 1.807) is 0 Å². The quantitative estimate of drug-likeness (QED) is 0.677. The Balaban J connectivity index is 0.000000902. The average molecular weight is 408 g/mol. The molecule has 3 rings (SSSR count). The number of pyridine rings is 1. The van der Waals surface area contributed by atoms with E-state index >= 15 is 0 Å². The van der Waals surface area contributed by atoms with Gasteiger partial charge in [-0.25, -0.2) is 0 Å². The van der Waals surface area contributed by atoms with Crippen LogP contribution >= 0.6 is 0 Å². The number of benzene rings is 1. The van der Waals surface area contributed by atoms with Crippen LogP contribution in [0.3, 0.4) is 0 Å². The first-order valence-corrected chi connectivity index (χ1v) is 5.56. The fourth-order valence-corrected chi connectivity index (χ4v) is 2.09. The predicted molar refractivity (Wildman–Crippen MR) is 63.6 cm³/mol. The predicted octanol–water partition coefficient (Wildman–Crippen LogP) is 1.85. The molecule has 1 aromatic heterocycles. The van der Waals surface area contributed by atoms with Gasteiger partial charge in [0.2, 0.25) is 6.79 Å². The molecule has 1 aliphatic rings. The van der Waals surface area contributed by atoms with Gasteiger partial charge in [-0.05, 0) is 31.1 Å². The molecule has 0 N–H and O–H groups in total. The van der Waals surface area contributed by atoms with Crippen LogP contribution in [0, 0.1) is 13.0 Å². The van der Waals surface area contributed by atoms with Gasteiger partial charge in [0.05, 0.1) is 11.5 Å². The van der Waals surface area contributed by atoms with E-state index in [1.807, 2.05) is 30.7 Å². The van der Waals surface area contributed by atoms with Gasteiger partial charge in [-0.1, -0.05) is 17.5 Å². The summed E-state index contributed by atoms with van der Waals surface area (Å²) in [5.41, 5.74) is 1.56. The van der Waals surface area contributed by atoms with Crippen LogP contribution in [-0.4, -0.2) is 11.4 Å². The Morgan fingerprint density at radius 2 is 2.11 bits per heavy atom. The smallest absolute Gasteiger partial charge is 0.218 e. The molecule has 0 atom stereocenters. The molecule has 0 amide bonds. The van der Waals surface area contributed by atoms with E-state index in [0.29, 0.717) is 16.9 Å². The van der Waals surface area contributed by atoms with Crippen molar-refractivity contribution in [1.29, 1.82) is 0 Å². The topological polar surface area (TPSA) is 40.5 Å². The Hall–Kier alpha value is 0.238. The monoisotopic (exact) mass is 408 g/mol. The number of fused-ring (bicyclic) bond motifs is 2. The number of rotatable bonds is 1. The van der Waals surface area contributed by atoms with Crippen LogP contribution in [0.15, 0.2) is 17.1 Å². The van der Waals surface area contributed by atoms with E-state index in [0.717, 1.165) is 17.6 Å². The summed E-state index contributed by atoms with van der Waals surface area (Å²) in [5.74, 6) is 1.19. The zero-order valence-corrected chi connectivity index (χ0v) is 16.6. The van der Waals surface area contributed by atoms with Crippen molar-refractivity contribution in [3.63, 3.8) is 0 Å².